The van der Waals surface area contributed by atoms with E-state index in [1.165, 1.54) is 6.07 Å². The fraction of sp³-hybridized carbons (Fsp3) is 0.227. The molecule has 0 saturated heterocycles. The quantitative estimate of drug-likeness (QED) is 0.344. The number of carbonyl (C=O) groups is 1. The number of carbonyl (C=O) groups excluding carboxylic acids is 1. The lowest BCUT2D eigenvalue weighted by atomic mass is 10.1. The van der Waals surface area contributed by atoms with Crippen LogP contribution in [0.5, 0.6) is 23.1 Å². The molecule has 0 saturated carbocycles. The van der Waals surface area contributed by atoms with E-state index >= 15 is 0 Å². The van der Waals surface area contributed by atoms with Crippen LogP contribution in [0.2, 0.25) is 0 Å². The average molecular weight is 408 g/mol. The number of unbranched alkanes of at least 4 members (excludes halogenated alkanes) is 1. The summed E-state index contributed by atoms with van der Waals surface area (Å²) in [5.74, 6) is -0.0532. The third kappa shape index (κ3) is 3.71. The number of nitrogens with zero attached hydrogens (tertiary/aromatic N) is 2. The van der Waals surface area contributed by atoms with Crippen LogP contribution >= 0.6 is 0 Å². The maximum atomic E-state index is 12.2. The lowest BCUT2D eigenvalue weighted by Gasteiger charge is -2.11. The van der Waals surface area contributed by atoms with E-state index in [4.69, 9.17) is 13.9 Å². The molecule has 2 heterocycles. The number of benzene rings is 2. The molecular weight excluding hydrogens is 388 g/mol. The Morgan fingerprint density at radius 3 is 2.63 bits per heavy atom. The SMILES string of the molecule is CCCCOC(=O)c1nc(O)c2cc(Oc3ccc4nc(C)oc4c3)ccc2c1O. The molecule has 0 aliphatic rings. The molecule has 0 unspecified atom stereocenters. The molecule has 0 amide bonds. The summed E-state index contributed by atoms with van der Waals surface area (Å²) in [6, 6.07) is 9.93. The van der Waals surface area contributed by atoms with Crippen molar-refractivity contribution in [2.45, 2.75) is 26.7 Å². The first kappa shape index (κ1) is 19.5. The van der Waals surface area contributed by atoms with Crippen molar-refractivity contribution < 1.29 is 28.9 Å². The summed E-state index contributed by atoms with van der Waals surface area (Å²) < 4.78 is 16.4. The van der Waals surface area contributed by atoms with E-state index in [2.05, 4.69) is 9.97 Å². The van der Waals surface area contributed by atoms with Gasteiger partial charge in [-0.15, -0.1) is 0 Å². The summed E-state index contributed by atoms with van der Waals surface area (Å²) >= 11 is 0. The van der Waals surface area contributed by atoms with Crippen LogP contribution in [-0.2, 0) is 4.74 Å². The molecule has 154 valence electrons. The van der Waals surface area contributed by atoms with E-state index in [9.17, 15) is 15.0 Å². The molecule has 2 aromatic heterocycles. The second-order valence-corrected chi connectivity index (χ2v) is 6.79. The number of oxazole rings is 1. The molecule has 2 N–H and O–H groups in total. The standard InChI is InChI=1S/C22H20N2O6/c1-3-4-9-28-22(27)19-20(25)15-7-5-13(10-16(15)21(26)24-19)30-14-6-8-17-18(11-14)29-12(2)23-17/h5-8,10-11,25H,3-4,9H2,1-2H3,(H,24,26). The lowest BCUT2D eigenvalue weighted by molar-refractivity contribution is 0.0488. The highest BCUT2D eigenvalue weighted by Gasteiger charge is 2.21. The zero-order valence-corrected chi connectivity index (χ0v) is 16.5. The largest absolute Gasteiger partial charge is 0.505 e. The van der Waals surface area contributed by atoms with Gasteiger partial charge in [0.05, 0.1) is 12.0 Å². The third-order valence-corrected chi connectivity index (χ3v) is 4.56. The molecular formula is C22H20N2O6. The maximum absolute atomic E-state index is 12.2. The number of hydrogen-bond donors (Lipinski definition) is 2. The first-order chi connectivity index (χ1) is 14.5. The predicted molar refractivity (Wildman–Crippen MR) is 109 cm³/mol. The number of esters is 1. The summed E-state index contributed by atoms with van der Waals surface area (Å²) in [7, 11) is 0. The Morgan fingerprint density at radius 2 is 1.83 bits per heavy atom. The van der Waals surface area contributed by atoms with Gasteiger partial charge in [0.2, 0.25) is 5.88 Å². The van der Waals surface area contributed by atoms with Crippen molar-refractivity contribution in [3.05, 3.63) is 48.0 Å². The average Bonchev–Trinajstić information content (AvgIpc) is 3.10. The second kappa shape index (κ2) is 7.90. The lowest BCUT2D eigenvalue weighted by Crippen LogP contribution is -2.09. The first-order valence-electron chi connectivity index (χ1n) is 9.54. The van der Waals surface area contributed by atoms with Gasteiger partial charge in [-0.05, 0) is 36.8 Å². The van der Waals surface area contributed by atoms with Crippen LogP contribution in [-0.4, -0.2) is 32.8 Å². The van der Waals surface area contributed by atoms with Crippen LogP contribution in [0.4, 0.5) is 0 Å². The Kier molecular flexibility index (Phi) is 5.14. The number of aryl methyl sites for hydroxylation is 1. The van der Waals surface area contributed by atoms with Crippen molar-refractivity contribution in [2.24, 2.45) is 0 Å². The molecule has 0 aliphatic heterocycles. The molecule has 0 radical (unpaired) electrons. The van der Waals surface area contributed by atoms with Gasteiger partial charge in [0, 0.05) is 18.4 Å². The van der Waals surface area contributed by atoms with Gasteiger partial charge in [-0.3, -0.25) is 0 Å². The van der Waals surface area contributed by atoms with Crippen LogP contribution in [0.3, 0.4) is 0 Å². The van der Waals surface area contributed by atoms with E-state index in [1.54, 1.807) is 37.3 Å². The number of fused-ring (bicyclic) bond motifs is 2. The molecule has 30 heavy (non-hydrogen) atoms. The minimum atomic E-state index is -0.783. The summed E-state index contributed by atoms with van der Waals surface area (Å²) in [5, 5.41) is 21.3. The summed E-state index contributed by atoms with van der Waals surface area (Å²) in [6.07, 6.45) is 1.56. The Bertz CT molecular complexity index is 1250. The van der Waals surface area contributed by atoms with Crippen molar-refractivity contribution in [1.29, 1.82) is 0 Å². The van der Waals surface area contributed by atoms with Crippen molar-refractivity contribution in [1.82, 2.24) is 9.97 Å². The zero-order valence-electron chi connectivity index (χ0n) is 16.5. The summed E-state index contributed by atoms with van der Waals surface area (Å²) in [4.78, 5) is 20.2. The highest BCUT2D eigenvalue weighted by molar-refractivity contribution is 6.01. The van der Waals surface area contributed by atoms with Crippen LogP contribution < -0.4 is 4.74 Å². The van der Waals surface area contributed by atoms with Crippen molar-refractivity contribution in [2.75, 3.05) is 6.61 Å². The third-order valence-electron chi connectivity index (χ3n) is 4.56. The van der Waals surface area contributed by atoms with E-state index < -0.39 is 11.8 Å². The summed E-state index contributed by atoms with van der Waals surface area (Å²) in [6.45, 7) is 3.95. The van der Waals surface area contributed by atoms with Crippen LogP contribution in [0, 0.1) is 6.92 Å². The molecule has 0 spiro atoms. The van der Waals surface area contributed by atoms with Gasteiger partial charge in [0.1, 0.15) is 17.0 Å². The number of pyridine rings is 1. The van der Waals surface area contributed by atoms with Gasteiger partial charge < -0.3 is 24.1 Å². The van der Waals surface area contributed by atoms with Crippen molar-refractivity contribution in [3.63, 3.8) is 0 Å². The highest BCUT2D eigenvalue weighted by Crippen LogP contribution is 2.37. The van der Waals surface area contributed by atoms with Gasteiger partial charge >= 0.3 is 5.97 Å². The second-order valence-electron chi connectivity index (χ2n) is 6.79. The van der Waals surface area contributed by atoms with Gasteiger partial charge in [0.25, 0.3) is 0 Å². The monoisotopic (exact) mass is 408 g/mol. The molecule has 0 aliphatic carbocycles. The van der Waals surface area contributed by atoms with E-state index in [-0.39, 0.29) is 28.8 Å². The van der Waals surface area contributed by atoms with E-state index in [0.717, 1.165) is 11.9 Å². The predicted octanol–water partition coefficient (Wildman–Crippen LogP) is 4.84. The fourth-order valence-corrected chi connectivity index (χ4v) is 3.06. The maximum Gasteiger partial charge on any atom is 0.360 e. The van der Waals surface area contributed by atoms with E-state index in [0.29, 0.717) is 29.4 Å². The zero-order chi connectivity index (χ0) is 21.3. The van der Waals surface area contributed by atoms with Gasteiger partial charge in [-0.1, -0.05) is 13.3 Å². The molecule has 0 fully saturated rings. The Labute approximate surface area is 171 Å². The van der Waals surface area contributed by atoms with Gasteiger partial charge in [-0.2, -0.15) is 0 Å². The van der Waals surface area contributed by atoms with E-state index in [1.807, 2.05) is 6.92 Å². The topological polar surface area (TPSA) is 115 Å². The Hall–Kier alpha value is -3.81. The minimum absolute atomic E-state index is 0.219. The van der Waals surface area contributed by atoms with Gasteiger partial charge in [-0.25, -0.2) is 14.8 Å². The van der Waals surface area contributed by atoms with Gasteiger partial charge in [0.15, 0.2) is 22.9 Å². The molecule has 4 rings (SSSR count). The highest BCUT2D eigenvalue weighted by atomic mass is 16.5. The van der Waals surface area contributed by atoms with Crippen LogP contribution in [0.25, 0.3) is 21.9 Å². The first-order valence-corrected chi connectivity index (χ1v) is 9.54. The minimum Gasteiger partial charge on any atom is -0.505 e. The summed E-state index contributed by atoms with van der Waals surface area (Å²) in [5.41, 5.74) is 0.999. The van der Waals surface area contributed by atoms with Crippen molar-refractivity contribution >= 4 is 27.8 Å². The molecule has 8 heteroatoms. The fourth-order valence-electron chi connectivity index (χ4n) is 3.06. The normalized spacial score (nSPS) is 11.1. The number of ether oxygens (including phenoxy) is 2. The van der Waals surface area contributed by atoms with Crippen molar-refractivity contribution in [3.8, 4) is 23.1 Å². The molecule has 0 bridgehead atoms. The van der Waals surface area contributed by atoms with Crippen LogP contribution in [0.1, 0.15) is 36.1 Å². The molecule has 8 nitrogen and oxygen atoms in total. The molecule has 4 aromatic rings. The van der Waals surface area contributed by atoms with Crippen LogP contribution in [0.15, 0.2) is 40.8 Å². The number of rotatable bonds is 6. The smallest absolute Gasteiger partial charge is 0.360 e. The Balaban J connectivity index is 1.64. The number of aromatic nitrogens is 2. The molecule has 0 atom stereocenters. The Morgan fingerprint density at radius 1 is 1.07 bits per heavy atom. The number of aromatic hydroxyl groups is 2. The molecule has 2 aromatic carbocycles. The number of hydrogen-bond acceptors (Lipinski definition) is 8.